The van der Waals surface area contributed by atoms with Gasteiger partial charge < -0.3 is 10.2 Å². The summed E-state index contributed by atoms with van der Waals surface area (Å²) in [6.07, 6.45) is 6.41. The molecule has 6 nitrogen and oxygen atoms in total. The topological polar surface area (TPSA) is 70.9 Å². The second-order valence-corrected chi connectivity index (χ2v) is 9.61. The molecule has 0 bridgehead atoms. The molecule has 1 aliphatic heterocycles. The number of sulfonamides is 1. The Bertz CT molecular complexity index is 756. The minimum absolute atomic E-state index is 0.0597. The number of unbranched alkanes of at least 4 members (excludes halogenated alkanes) is 1. The van der Waals surface area contributed by atoms with Crippen LogP contribution in [0.1, 0.15) is 43.7 Å². The van der Waals surface area contributed by atoms with Gasteiger partial charge >= 0.3 is 0 Å². The summed E-state index contributed by atoms with van der Waals surface area (Å²) in [4.78, 5) is 13.5. The lowest BCUT2D eigenvalue weighted by molar-refractivity contribution is -0.895. The molecule has 0 spiro atoms. The zero-order valence-electron chi connectivity index (χ0n) is 16.3. The number of hydrogen-bond donors (Lipinski definition) is 2. The van der Waals surface area contributed by atoms with Crippen molar-refractivity contribution >= 4 is 15.9 Å². The maximum Gasteiger partial charge on any atom is 0.275 e. The smallest absolute Gasteiger partial charge is 0.275 e. The number of carbonyl (C=O) groups excluding carboxylic acids is 1. The molecule has 3 rings (SSSR count). The molecule has 0 saturated carbocycles. The summed E-state index contributed by atoms with van der Waals surface area (Å²) < 4.78 is 27.6. The van der Waals surface area contributed by atoms with E-state index in [9.17, 15) is 13.2 Å². The number of fused-ring (bicyclic) bond motifs is 1. The van der Waals surface area contributed by atoms with Gasteiger partial charge in [0.1, 0.15) is 0 Å². The minimum Gasteiger partial charge on any atom is -0.351 e. The van der Waals surface area contributed by atoms with Gasteiger partial charge in [0.05, 0.1) is 31.1 Å². The third-order valence-corrected chi connectivity index (χ3v) is 7.54. The lowest BCUT2D eigenvalue weighted by Gasteiger charge is -2.31. The number of benzene rings is 1. The summed E-state index contributed by atoms with van der Waals surface area (Å²) in [5.41, 5.74) is 2.49. The number of nitrogens with zero attached hydrogens (tertiary/aromatic N) is 1. The van der Waals surface area contributed by atoms with Crippen molar-refractivity contribution in [3.05, 3.63) is 29.3 Å². The average Bonchev–Trinajstić information content (AvgIpc) is 2.68. The quantitative estimate of drug-likeness (QED) is 0.657. The van der Waals surface area contributed by atoms with Crippen molar-refractivity contribution in [2.75, 3.05) is 39.3 Å². The van der Waals surface area contributed by atoms with E-state index in [1.54, 1.807) is 10.4 Å². The van der Waals surface area contributed by atoms with Crippen molar-refractivity contribution in [3.8, 4) is 0 Å². The van der Waals surface area contributed by atoms with Gasteiger partial charge in [-0.1, -0.05) is 19.4 Å². The first-order chi connectivity index (χ1) is 13.0. The van der Waals surface area contributed by atoms with Gasteiger partial charge in [-0.3, -0.25) is 4.79 Å². The largest absolute Gasteiger partial charge is 0.351 e. The van der Waals surface area contributed by atoms with Crippen LogP contribution in [0.5, 0.6) is 0 Å². The standard InChI is InChI=1S/C20H31N3O3S/c1-2-3-10-21-20(24)16-22-11-13-23(14-12-22)27(25,26)19-9-8-17-6-4-5-7-18(17)15-19/h8-9,15H,2-7,10-14,16H2,1H3,(H,21,24)/p+1. The molecule has 0 unspecified atom stereocenters. The number of nitrogens with one attached hydrogen (secondary N) is 2. The fourth-order valence-electron chi connectivity index (χ4n) is 3.93. The zero-order chi connectivity index (χ0) is 19.3. The predicted molar refractivity (Wildman–Crippen MR) is 105 cm³/mol. The van der Waals surface area contributed by atoms with Gasteiger partial charge in [-0.15, -0.1) is 0 Å². The predicted octanol–water partition coefficient (Wildman–Crippen LogP) is 0.371. The van der Waals surface area contributed by atoms with E-state index in [-0.39, 0.29) is 5.91 Å². The number of aryl methyl sites for hydroxylation is 2. The fraction of sp³-hybridized carbons (Fsp3) is 0.650. The molecular formula is C20H32N3O3S+. The summed E-state index contributed by atoms with van der Waals surface area (Å²) in [6.45, 7) is 5.53. The van der Waals surface area contributed by atoms with Crippen LogP contribution in [0.4, 0.5) is 0 Å². The lowest BCUT2D eigenvalue weighted by Crippen LogP contribution is -3.15. The Morgan fingerprint density at radius 2 is 1.85 bits per heavy atom. The molecule has 150 valence electrons. The highest BCUT2D eigenvalue weighted by atomic mass is 32.2. The molecule has 1 heterocycles. The van der Waals surface area contributed by atoms with Crippen LogP contribution < -0.4 is 10.2 Å². The third kappa shape index (κ3) is 5.09. The monoisotopic (exact) mass is 394 g/mol. The van der Waals surface area contributed by atoms with Gasteiger partial charge in [-0.05, 0) is 55.4 Å². The number of quaternary nitrogens is 1. The highest BCUT2D eigenvalue weighted by Crippen LogP contribution is 2.25. The van der Waals surface area contributed by atoms with Gasteiger partial charge in [0.2, 0.25) is 10.0 Å². The Morgan fingerprint density at radius 3 is 2.56 bits per heavy atom. The van der Waals surface area contributed by atoms with Gasteiger partial charge in [-0.2, -0.15) is 4.31 Å². The number of piperazine rings is 1. The molecule has 0 radical (unpaired) electrons. The maximum atomic E-state index is 13.0. The van der Waals surface area contributed by atoms with Crippen LogP contribution in [0.2, 0.25) is 0 Å². The van der Waals surface area contributed by atoms with Crippen LogP contribution in [-0.4, -0.2) is 57.9 Å². The van der Waals surface area contributed by atoms with E-state index < -0.39 is 10.0 Å². The third-order valence-electron chi connectivity index (χ3n) is 5.65. The summed E-state index contributed by atoms with van der Waals surface area (Å²) in [5.74, 6) is 0.0597. The molecule has 0 aromatic heterocycles. The van der Waals surface area contributed by atoms with Crippen molar-refractivity contribution < 1.29 is 18.1 Å². The maximum absolute atomic E-state index is 13.0. The van der Waals surface area contributed by atoms with Gasteiger partial charge in [0, 0.05) is 6.54 Å². The summed E-state index contributed by atoms with van der Waals surface area (Å²) in [5, 5.41) is 2.94. The molecule has 2 aliphatic rings. The number of rotatable bonds is 7. The first kappa shape index (κ1) is 20.3. The van der Waals surface area contributed by atoms with Gasteiger partial charge in [0.25, 0.3) is 5.91 Å². The van der Waals surface area contributed by atoms with Crippen LogP contribution in [0.25, 0.3) is 0 Å². The Kier molecular flexibility index (Phi) is 6.89. The number of hydrogen-bond acceptors (Lipinski definition) is 3. The summed E-state index contributed by atoms with van der Waals surface area (Å²) in [6, 6.07) is 5.63. The van der Waals surface area contributed by atoms with E-state index in [1.807, 2.05) is 12.1 Å². The Labute approximate surface area is 163 Å². The van der Waals surface area contributed by atoms with Crippen molar-refractivity contribution in [1.29, 1.82) is 0 Å². The van der Waals surface area contributed by atoms with Crippen molar-refractivity contribution in [3.63, 3.8) is 0 Å². The minimum atomic E-state index is -3.45. The Balaban J connectivity index is 1.56. The Hall–Kier alpha value is -1.44. The molecule has 1 saturated heterocycles. The normalized spacial score (nSPS) is 18.9. The van der Waals surface area contributed by atoms with E-state index >= 15 is 0 Å². The lowest BCUT2D eigenvalue weighted by atomic mass is 9.92. The molecule has 7 heteroatoms. The molecule has 1 fully saturated rings. The van der Waals surface area contributed by atoms with E-state index in [2.05, 4.69) is 12.2 Å². The van der Waals surface area contributed by atoms with Crippen LogP contribution in [0, 0.1) is 0 Å². The van der Waals surface area contributed by atoms with E-state index in [0.717, 1.165) is 43.5 Å². The van der Waals surface area contributed by atoms with Crippen molar-refractivity contribution in [2.45, 2.75) is 50.3 Å². The highest BCUT2D eigenvalue weighted by Gasteiger charge is 2.31. The van der Waals surface area contributed by atoms with Gasteiger partial charge in [-0.25, -0.2) is 8.42 Å². The van der Waals surface area contributed by atoms with Crippen LogP contribution in [-0.2, 0) is 27.7 Å². The summed E-state index contributed by atoms with van der Waals surface area (Å²) in [7, 11) is -3.45. The van der Waals surface area contributed by atoms with Crippen LogP contribution in [0.15, 0.2) is 23.1 Å². The molecule has 0 atom stereocenters. The SMILES string of the molecule is CCCCNC(=O)C[NH+]1CCN(S(=O)(=O)c2ccc3c(c2)CCCC3)CC1. The summed E-state index contributed by atoms with van der Waals surface area (Å²) >= 11 is 0. The molecule has 1 aliphatic carbocycles. The molecule has 1 aromatic rings. The molecule has 27 heavy (non-hydrogen) atoms. The number of carbonyl (C=O) groups is 1. The first-order valence-electron chi connectivity index (χ1n) is 10.2. The second-order valence-electron chi connectivity index (χ2n) is 7.67. The Morgan fingerprint density at radius 1 is 1.15 bits per heavy atom. The zero-order valence-corrected chi connectivity index (χ0v) is 17.1. The molecule has 2 N–H and O–H groups in total. The van der Waals surface area contributed by atoms with Crippen LogP contribution >= 0.6 is 0 Å². The fourth-order valence-corrected chi connectivity index (χ4v) is 5.43. The molecule has 1 amide bonds. The van der Waals surface area contributed by atoms with Crippen molar-refractivity contribution in [2.24, 2.45) is 0 Å². The first-order valence-corrected chi connectivity index (χ1v) is 11.7. The van der Waals surface area contributed by atoms with Gasteiger partial charge in [0.15, 0.2) is 6.54 Å². The van der Waals surface area contributed by atoms with E-state index in [1.165, 1.54) is 17.5 Å². The average molecular weight is 395 g/mol. The highest BCUT2D eigenvalue weighted by molar-refractivity contribution is 7.89. The van der Waals surface area contributed by atoms with Crippen molar-refractivity contribution in [1.82, 2.24) is 9.62 Å². The molecular weight excluding hydrogens is 362 g/mol. The second kappa shape index (κ2) is 9.17. The number of amides is 1. The molecule has 1 aromatic carbocycles. The van der Waals surface area contributed by atoms with E-state index in [0.29, 0.717) is 37.6 Å². The van der Waals surface area contributed by atoms with Crippen LogP contribution in [0.3, 0.4) is 0 Å². The van der Waals surface area contributed by atoms with E-state index in [4.69, 9.17) is 0 Å².